The van der Waals surface area contributed by atoms with Crippen LogP contribution in [-0.2, 0) is 16.1 Å². The zero-order chi connectivity index (χ0) is 17.7. The quantitative estimate of drug-likeness (QED) is 0.506. The minimum atomic E-state index is -0.571. The molecule has 2 aromatic carbocycles. The number of anilines is 1. The average molecular weight is 349 g/mol. The van der Waals surface area contributed by atoms with Crippen molar-refractivity contribution in [3.63, 3.8) is 0 Å². The second-order valence-electron chi connectivity index (χ2n) is 4.87. The SMILES string of the molecule is CC(=O)Nc1ccc(C(=O)OCc2ccc([N+](=O)[O-])cc2Cl)cc1. The van der Waals surface area contributed by atoms with Crippen LogP contribution in [0.2, 0.25) is 5.02 Å². The van der Waals surface area contributed by atoms with Gasteiger partial charge in [0.05, 0.1) is 15.5 Å². The van der Waals surface area contributed by atoms with Gasteiger partial charge in [-0.1, -0.05) is 11.6 Å². The molecule has 0 bridgehead atoms. The van der Waals surface area contributed by atoms with E-state index >= 15 is 0 Å². The third-order valence-electron chi connectivity index (χ3n) is 3.05. The van der Waals surface area contributed by atoms with Gasteiger partial charge in [0.2, 0.25) is 5.91 Å². The van der Waals surface area contributed by atoms with E-state index in [0.717, 1.165) is 0 Å². The minimum absolute atomic E-state index is 0.108. The molecule has 124 valence electrons. The van der Waals surface area contributed by atoms with Gasteiger partial charge in [0.1, 0.15) is 6.61 Å². The summed E-state index contributed by atoms with van der Waals surface area (Å²) >= 11 is 5.94. The lowest BCUT2D eigenvalue weighted by Gasteiger charge is -2.07. The Morgan fingerprint density at radius 1 is 1.21 bits per heavy atom. The summed E-state index contributed by atoms with van der Waals surface area (Å²) in [6, 6.07) is 10.1. The summed E-state index contributed by atoms with van der Waals surface area (Å²) in [7, 11) is 0. The standard InChI is InChI=1S/C16H13ClN2O5/c1-10(20)18-13-5-2-11(3-6-13)16(21)24-9-12-4-7-14(19(22)23)8-15(12)17/h2-8H,9H2,1H3,(H,18,20). The number of esters is 1. The number of amides is 1. The number of carbonyl (C=O) groups excluding carboxylic acids is 2. The maximum absolute atomic E-state index is 12.0. The monoisotopic (exact) mass is 348 g/mol. The zero-order valence-electron chi connectivity index (χ0n) is 12.6. The number of hydrogen-bond donors (Lipinski definition) is 1. The Morgan fingerprint density at radius 2 is 1.88 bits per heavy atom. The minimum Gasteiger partial charge on any atom is -0.457 e. The lowest BCUT2D eigenvalue weighted by molar-refractivity contribution is -0.384. The molecule has 24 heavy (non-hydrogen) atoms. The van der Waals surface area contributed by atoms with Crippen molar-refractivity contribution < 1.29 is 19.2 Å². The normalized spacial score (nSPS) is 10.1. The van der Waals surface area contributed by atoms with Gasteiger partial charge < -0.3 is 10.1 Å². The van der Waals surface area contributed by atoms with Gasteiger partial charge in [-0.2, -0.15) is 0 Å². The Morgan fingerprint density at radius 3 is 2.42 bits per heavy atom. The second kappa shape index (κ2) is 7.56. The molecule has 2 rings (SSSR count). The number of hydrogen-bond acceptors (Lipinski definition) is 5. The molecule has 1 amide bonds. The Labute approximate surface area is 142 Å². The van der Waals surface area contributed by atoms with Crippen LogP contribution in [0.4, 0.5) is 11.4 Å². The first-order chi connectivity index (χ1) is 11.4. The molecular weight excluding hydrogens is 336 g/mol. The second-order valence-corrected chi connectivity index (χ2v) is 5.27. The van der Waals surface area contributed by atoms with Gasteiger partial charge in [-0.05, 0) is 30.3 Å². The van der Waals surface area contributed by atoms with Crippen molar-refractivity contribution in [1.82, 2.24) is 0 Å². The summed E-state index contributed by atoms with van der Waals surface area (Å²) in [6.07, 6.45) is 0. The highest BCUT2D eigenvalue weighted by Gasteiger charge is 2.12. The van der Waals surface area contributed by atoms with E-state index in [1.807, 2.05) is 0 Å². The molecule has 8 heteroatoms. The van der Waals surface area contributed by atoms with Crippen LogP contribution in [-0.4, -0.2) is 16.8 Å². The molecule has 0 unspecified atom stereocenters. The number of nitrogens with zero attached hydrogens (tertiary/aromatic N) is 1. The van der Waals surface area contributed by atoms with Crippen LogP contribution in [0, 0.1) is 10.1 Å². The molecule has 0 aromatic heterocycles. The topological polar surface area (TPSA) is 98.5 Å². The molecule has 0 aliphatic rings. The highest BCUT2D eigenvalue weighted by atomic mass is 35.5. The average Bonchev–Trinajstić information content (AvgIpc) is 2.53. The number of non-ortho nitro benzene ring substituents is 1. The maximum Gasteiger partial charge on any atom is 0.338 e. The Bertz CT molecular complexity index is 790. The molecule has 0 spiro atoms. The highest BCUT2D eigenvalue weighted by Crippen LogP contribution is 2.23. The van der Waals surface area contributed by atoms with Crippen LogP contribution in [0.1, 0.15) is 22.8 Å². The molecule has 7 nitrogen and oxygen atoms in total. The van der Waals surface area contributed by atoms with E-state index in [1.54, 1.807) is 12.1 Å². The Balaban J connectivity index is 2.00. The number of nitro groups is 1. The molecule has 0 fully saturated rings. The van der Waals surface area contributed by atoms with E-state index in [4.69, 9.17) is 16.3 Å². The fourth-order valence-electron chi connectivity index (χ4n) is 1.89. The third-order valence-corrected chi connectivity index (χ3v) is 3.40. The van der Waals surface area contributed by atoms with Crippen LogP contribution < -0.4 is 5.32 Å². The molecular formula is C16H13ClN2O5. The maximum atomic E-state index is 12.0. The lowest BCUT2D eigenvalue weighted by atomic mass is 10.2. The molecule has 1 N–H and O–H groups in total. The van der Waals surface area contributed by atoms with Crippen molar-refractivity contribution in [2.45, 2.75) is 13.5 Å². The van der Waals surface area contributed by atoms with E-state index in [0.29, 0.717) is 16.8 Å². The predicted molar refractivity (Wildman–Crippen MR) is 88.0 cm³/mol. The Hall–Kier alpha value is -2.93. The number of rotatable bonds is 5. The fourth-order valence-corrected chi connectivity index (χ4v) is 2.12. The van der Waals surface area contributed by atoms with E-state index in [2.05, 4.69) is 5.32 Å². The van der Waals surface area contributed by atoms with Crippen LogP contribution in [0.15, 0.2) is 42.5 Å². The number of nitro benzene ring substituents is 1. The fraction of sp³-hybridized carbons (Fsp3) is 0.125. The van der Waals surface area contributed by atoms with Gasteiger partial charge in [-0.3, -0.25) is 14.9 Å². The number of halogens is 1. The van der Waals surface area contributed by atoms with Crippen LogP contribution in [0.25, 0.3) is 0 Å². The smallest absolute Gasteiger partial charge is 0.338 e. The van der Waals surface area contributed by atoms with Crippen molar-refractivity contribution in [3.8, 4) is 0 Å². The van der Waals surface area contributed by atoms with Crippen LogP contribution >= 0.6 is 11.6 Å². The van der Waals surface area contributed by atoms with E-state index in [-0.39, 0.29) is 23.2 Å². The molecule has 0 aliphatic carbocycles. The molecule has 2 aromatic rings. The molecule has 0 aliphatic heterocycles. The largest absolute Gasteiger partial charge is 0.457 e. The Kier molecular flexibility index (Phi) is 5.49. The first-order valence-electron chi connectivity index (χ1n) is 6.84. The van der Waals surface area contributed by atoms with E-state index in [9.17, 15) is 19.7 Å². The van der Waals surface area contributed by atoms with Gasteiger partial charge >= 0.3 is 5.97 Å². The van der Waals surface area contributed by atoms with Crippen LogP contribution in [0.5, 0.6) is 0 Å². The third kappa shape index (κ3) is 4.53. The summed E-state index contributed by atoms with van der Waals surface area (Å²) < 4.78 is 5.14. The first kappa shape index (κ1) is 17.4. The molecule has 0 heterocycles. The van der Waals surface area contributed by atoms with Crippen molar-refractivity contribution in [1.29, 1.82) is 0 Å². The van der Waals surface area contributed by atoms with Crippen molar-refractivity contribution >= 4 is 34.9 Å². The van der Waals surface area contributed by atoms with Gasteiger partial charge in [0, 0.05) is 30.3 Å². The highest BCUT2D eigenvalue weighted by molar-refractivity contribution is 6.31. The number of benzene rings is 2. The first-order valence-corrected chi connectivity index (χ1v) is 7.22. The molecule has 0 radical (unpaired) electrons. The number of ether oxygens (including phenoxy) is 1. The van der Waals surface area contributed by atoms with Crippen molar-refractivity contribution in [2.24, 2.45) is 0 Å². The summed E-state index contributed by atoms with van der Waals surface area (Å²) in [5.74, 6) is -0.781. The predicted octanol–water partition coefficient (Wildman–Crippen LogP) is 3.56. The van der Waals surface area contributed by atoms with Crippen molar-refractivity contribution in [3.05, 3.63) is 68.7 Å². The summed E-state index contributed by atoms with van der Waals surface area (Å²) in [4.78, 5) is 33.0. The van der Waals surface area contributed by atoms with Gasteiger partial charge in [-0.25, -0.2) is 4.79 Å². The molecule has 0 saturated carbocycles. The lowest BCUT2D eigenvalue weighted by Crippen LogP contribution is -2.08. The van der Waals surface area contributed by atoms with Crippen molar-refractivity contribution in [2.75, 3.05) is 5.32 Å². The van der Waals surface area contributed by atoms with Gasteiger partial charge in [-0.15, -0.1) is 0 Å². The molecule has 0 atom stereocenters. The van der Waals surface area contributed by atoms with Gasteiger partial charge in [0.15, 0.2) is 0 Å². The summed E-state index contributed by atoms with van der Waals surface area (Å²) in [6.45, 7) is 1.28. The molecule has 0 saturated heterocycles. The van der Waals surface area contributed by atoms with Gasteiger partial charge in [0.25, 0.3) is 5.69 Å². The number of carbonyl (C=O) groups is 2. The van der Waals surface area contributed by atoms with Crippen LogP contribution in [0.3, 0.4) is 0 Å². The summed E-state index contributed by atoms with van der Waals surface area (Å²) in [5, 5.41) is 13.4. The van der Waals surface area contributed by atoms with E-state index < -0.39 is 10.9 Å². The zero-order valence-corrected chi connectivity index (χ0v) is 13.4. The number of nitrogens with one attached hydrogen (secondary N) is 1. The van der Waals surface area contributed by atoms with E-state index in [1.165, 1.54) is 37.3 Å². The summed E-state index contributed by atoms with van der Waals surface area (Å²) in [5.41, 5.74) is 1.20.